The number of likely N-dealkylation sites (N-methyl/N-ethyl adjacent to an activating group) is 1. The highest BCUT2D eigenvalue weighted by atomic mass is 16.2. The molecule has 0 bridgehead atoms. The molecule has 0 saturated carbocycles. The molecule has 0 fully saturated rings. The smallest absolute Gasteiger partial charge is 0.315 e. The van der Waals surface area contributed by atoms with E-state index in [1.165, 1.54) is 29.5 Å². The lowest BCUT2D eigenvalue weighted by Crippen LogP contribution is -2.42. The summed E-state index contributed by atoms with van der Waals surface area (Å²) in [6.45, 7) is 4.60. The Labute approximate surface area is 137 Å². The van der Waals surface area contributed by atoms with E-state index in [0.29, 0.717) is 5.92 Å². The minimum absolute atomic E-state index is 0.00158. The van der Waals surface area contributed by atoms with E-state index < -0.39 is 0 Å². The van der Waals surface area contributed by atoms with Crippen LogP contribution in [0.5, 0.6) is 0 Å². The first-order chi connectivity index (χ1) is 10.9. The van der Waals surface area contributed by atoms with Crippen LogP contribution in [0.1, 0.15) is 61.8 Å². The minimum Gasteiger partial charge on any atom is -0.358 e. The van der Waals surface area contributed by atoms with Crippen molar-refractivity contribution in [1.82, 2.24) is 16.0 Å². The molecule has 3 amide bonds. The third-order valence-electron chi connectivity index (χ3n) is 5.28. The van der Waals surface area contributed by atoms with Crippen molar-refractivity contribution in [3.05, 3.63) is 34.9 Å². The van der Waals surface area contributed by atoms with E-state index in [1.807, 2.05) is 0 Å². The second-order valence-corrected chi connectivity index (χ2v) is 7.22. The highest BCUT2D eigenvalue weighted by Crippen LogP contribution is 2.52. The van der Waals surface area contributed by atoms with Crippen molar-refractivity contribution in [3.8, 4) is 0 Å². The van der Waals surface area contributed by atoms with Crippen LogP contribution >= 0.6 is 0 Å². The average Bonchev–Trinajstić information content (AvgIpc) is 2.88. The maximum atomic E-state index is 12.0. The number of rotatable bonds is 3. The van der Waals surface area contributed by atoms with Gasteiger partial charge in [0.05, 0.1) is 12.6 Å². The molecule has 3 N–H and O–H groups in total. The average molecular weight is 315 g/mol. The van der Waals surface area contributed by atoms with Crippen molar-refractivity contribution in [2.24, 2.45) is 0 Å². The van der Waals surface area contributed by atoms with E-state index in [0.717, 1.165) is 6.42 Å². The van der Waals surface area contributed by atoms with Crippen LogP contribution in [0.15, 0.2) is 18.2 Å². The lowest BCUT2D eigenvalue weighted by molar-refractivity contribution is -0.119. The van der Waals surface area contributed by atoms with Gasteiger partial charge in [-0.05, 0) is 47.3 Å². The SMILES string of the molecule is CNC(=O)CNC(=O)N[C@@H]1C[C@@H]2CCC(C)(C)c3cccc1c32. The van der Waals surface area contributed by atoms with E-state index in [-0.39, 0.29) is 29.9 Å². The third kappa shape index (κ3) is 2.92. The van der Waals surface area contributed by atoms with Crippen LogP contribution in [-0.4, -0.2) is 25.5 Å². The van der Waals surface area contributed by atoms with Crippen molar-refractivity contribution >= 4 is 11.9 Å². The van der Waals surface area contributed by atoms with Gasteiger partial charge in [-0.1, -0.05) is 32.0 Å². The second kappa shape index (κ2) is 5.87. The standard InChI is InChI=1S/C18H25N3O2/c1-18(2)8-7-11-9-14(12-5-4-6-13(18)16(11)12)21-17(23)20-10-15(22)19-3/h4-6,11,14H,7-10H2,1-3H3,(H,19,22)(H2,20,21,23)/t11-,14+/m0/s1. The van der Waals surface area contributed by atoms with Gasteiger partial charge in [-0.2, -0.15) is 0 Å². The van der Waals surface area contributed by atoms with Crippen LogP contribution in [0, 0.1) is 0 Å². The molecule has 23 heavy (non-hydrogen) atoms. The monoisotopic (exact) mass is 315 g/mol. The van der Waals surface area contributed by atoms with E-state index in [2.05, 4.69) is 48.0 Å². The predicted octanol–water partition coefficient (Wildman–Crippen LogP) is 2.33. The molecule has 0 radical (unpaired) electrons. The van der Waals surface area contributed by atoms with Crippen LogP contribution in [-0.2, 0) is 10.2 Å². The summed E-state index contributed by atoms with van der Waals surface area (Å²) in [6, 6.07) is 6.21. The molecule has 0 unspecified atom stereocenters. The molecular formula is C18H25N3O2. The lowest BCUT2D eigenvalue weighted by atomic mass is 9.69. The first-order valence-electron chi connectivity index (χ1n) is 8.30. The summed E-state index contributed by atoms with van der Waals surface area (Å²) in [5.74, 6) is 0.338. The summed E-state index contributed by atoms with van der Waals surface area (Å²) in [5.41, 5.74) is 4.33. The molecule has 2 atom stereocenters. The van der Waals surface area contributed by atoms with Gasteiger partial charge in [0.25, 0.3) is 0 Å². The molecule has 1 aromatic rings. The van der Waals surface area contributed by atoms with Crippen molar-refractivity contribution in [2.75, 3.05) is 13.6 Å². The molecule has 0 saturated heterocycles. The zero-order valence-corrected chi connectivity index (χ0v) is 14.0. The molecule has 124 valence electrons. The predicted molar refractivity (Wildman–Crippen MR) is 89.4 cm³/mol. The second-order valence-electron chi connectivity index (χ2n) is 7.22. The van der Waals surface area contributed by atoms with Crippen molar-refractivity contribution in [3.63, 3.8) is 0 Å². The highest BCUT2D eigenvalue weighted by molar-refractivity contribution is 5.83. The topological polar surface area (TPSA) is 70.2 Å². The number of hydrogen-bond acceptors (Lipinski definition) is 2. The molecule has 1 aromatic carbocycles. The van der Waals surface area contributed by atoms with Crippen LogP contribution in [0.2, 0.25) is 0 Å². The zero-order valence-electron chi connectivity index (χ0n) is 14.0. The van der Waals surface area contributed by atoms with Gasteiger partial charge in [0.1, 0.15) is 0 Å². The van der Waals surface area contributed by atoms with Crippen molar-refractivity contribution < 1.29 is 9.59 Å². The summed E-state index contributed by atoms with van der Waals surface area (Å²) in [7, 11) is 1.55. The highest BCUT2D eigenvalue weighted by Gasteiger charge is 2.40. The maximum absolute atomic E-state index is 12.0. The molecule has 5 heteroatoms. The molecule has 0 heterocycles. The van der Waals surface area contributed by atoms with Crippen LogP contribution in [0.25, 0.3) is 0 Å². The van der Waals surface area contributed by atoms with Gasteiger partial charge in [0.2, 0.25) is 5.91 Å². The summed E-state index contributed by atoms with van der Waals surface area (Å²) in [5, 5.41) is 8.13. The van der Waals surface area contributed by atoms with Crippen molar-refractivity contribution in [1.29, 1.82) is 0 Å². The maximum Gasteiger partial charge on any atom is 0.315 e. The van der Waals surface area contributed by atoms with Gasteiger partial charge in [-0.3, -0.25) is 4.79 Å². The number of carbonyl (C=O) groups is 2. The molecule has 2 aliphatic carbocycles. The summed E-state index contributed by atoms with van der Waals surface area (Å²) in [6.07, 6.45) is 3.31. The molecule has 0 spiro atoms. The Morgan fingerprint density at radius 2 is 2.09 bits per heavy atom. The number of carbonyl (C=O) groups excluding carboxylic acids is 2. The Hall–Kier alpha value is -2.04. The molecule has 0 aliphatic heterocycles. The van der Waals surface area contributed by atoms with Crippen LogP contribution in [0.3, 0.4) is 0 Å². The van der Waals surface area contributed by atoms with Gasteiger partial charge < -0.3 is 16.0 Å². The van der Waals surface area contributed by atoms with Gasteiger partial charge in [0.15, 0.2) is 0 Å². The van der Waals surface area contributed by atoms with Crippen LogP contribution < -0.4 is 16.0 Å². The quantitative estimate of drug-likeness (QED) is 0.801. The first-order valence-corrected chi connectivity index (χ1v) is 8.30. The summed E-state index contributed by atoms with van der Waals surface area (Å²) < 4.78 is 0. The van der Waals surface area contributed by atoms with Gasteiger partial charge in [-0.25, -0.2) is 4.79 Å². The van der Waals surface area contributed by atoms with E-state index in [1.54, 1.807) is 7.05 Å². The van der Waals surface area contributed by atoms with Gasteiger partial charge in [0, 0.05) is 7.05 Å². The number of nitrogens with one attached hydrogen (secondary N) is 3. The zero-order chi connectivity index (χ0) is 16.6. The number of benzene rings is 1. The Morgan fingerprint density at radius 3 is 2.83 bits per heavy atom. The summed E-state index contributed by atoms with van der Waals surface area (Å²) in [4.78, 5) is 23.3. The number of urea groups is 1. The van der Waals surface area contributed by atoms with E-state index >= 15 is 0 Å². The fourth-order valence-electron chi connectivity index (χ4n) is 3.99. The van der Waals surface area contributed by atoms with Gasteiger partial charge in [-0.15, -0.1) is 0 Å². The molecular weight excluding hydrogens is 290 g/mol. The Kier molecular flexibility index (Phi) is 4.04. The Balaban J connectivity index is 1.75. The van der Waals surface area contributed by atoms with Gasteiger partial charge >= 0.3 is 6.03 Å². The van der Waals surface area contributed by atoms with E-state index in [4.69, 9.17) is 0 Å². The molecule has 3 rings (SSSR count). The molecule has 5 nitrogen and oxygen atoms in total. The minimum atomic E-state index is -0.283. The summed E-state index contributed by atoms with van der Waals surface area (Å²) >= 11 is 0. The number of hydrogen-bond donors (Lipinski definition) is 3. The van der Waals surface area contributed by atoms with E-state index in [9.17, 15) is 9.59 Å². The molecule has 0 aromatic heterocycles. The normalized spacial score (nSPS) is 23.8. The number of amides is 3. The first kappa shape index (κ1) is 15.8. The fourth-order valence-corrected chi connectivity index (χ4v) is 3.99. The third-order valence-corrected chi connectivity index (χ3v) is 5.28. The Morgan fingerprint density at radius 1 is 1.30 bits per heavy atom. The molecule has 2 aliphatic rings. The lowest BCUT2D eigenvalue weighted by Gasteiger charge is -2.35. The largest absolute Gasteiger partial charge is 0.358 e. The van der Waals surface area contributed by atoms with Crippen LogP contribution in [0.4, 0.5) is 4.79 Å². The fraction of sp³-hybridized carbons (Fsp3) is 0.556. The Bertz CT molecular complexity index is 639. The van der Waals surface area contributed by atoms with Crippen molar-refractivity contribution in [2.45, 2.75) is 50.5 Å².